The fourth-order valence-corrected chi connectivity index (χ4v) is 1.96. The first-order valence-corrected chi connectivity index (χ1v) is 5.87. The first-order valence-electron chi connectivity index (χ1n) is 5.07. The largest absolute Gasteiger partial charge is 0.271 e. The van der Waals surface area contributed by atoms with Gasteiger partial charge in [0.05, 0.1) is 0 Å². The van der Waals surface area contributed by atoms with Gasteiger partial charge in [0.15, 0.2) is 0 Å². The summed E-state index contributed by atoms with van der Waals surface area (Å²) in [6.07, 6.45) is 4.88. The van der Waals surface area contributed by atoms with Crippen molar-refractivity contribution in [1.82, 2.24) is 5.43 Å². The van der Waals surface area contributed by atoms with E-state index in [9.17, 15) is 0 Å². The Morgan fingerprint density at radius 2 is 2.33 bits per heavy atom. The topological polar surface area (TPSA) is 38.0 Å². The molecule has 0 aliphatic heterocycles. The van der Waals surface area contributed by atoms with E-state index in [1.807, 2.05) is 18.2 Å². The monoisotopic (exact) mass is 268 g/mol. The molecule has 1 atom stereocenters. The summed E-state index contributed by atoms with van der Waals surface area (Å²) in [7, 11) is 0. The molecule has 2 nitrogen and oxygen atoms in total. The Kier molecular flexibility index (Phi) is 5.61. The third kappa shape index (κ3) is 4.60. The molecule has 0 spiro atoms. The SMILES string of the molecule is C=CCCC(Cc1cccc(Br)c1)NN. The first-order chi connectivity index (χ1) is 7.26. The Balaban J connectivity index is 2.54. The number of allylic oxidation sites excluding steroid dienone is 1. The second-order valence-electron chi connectivity index (χ2n) is 3.56. The molecule has 1 unspecified atom stereocenters. The number of rotatable bonds is 6. The Labute approximate surface area is 99.7 Å². The van der Waals surface area contributed by atoms with E-state index in [0.717, 1.165) is 23.7 Å². The van der Waals surface area contributed by atoms with Crippen LogP contribution in [0.4, 0.5) is 0 Å². The molecule has 1 rings (SSSR count). The second kappa shape index (κ2) is 6.77. The average molecular weight is 269 g/mol. The van der Waals surface area contributed by atoms with Crippen molar-refractivity contribution in [3.05, 3.63) is 47.0 Å². The maximum atomic E-state index is 5.50. The molecule has 1 aromatic carbocycles. The summed E-state index contributed by atoms with van der Waals surface area (Å²) in [6.45, 7) is 3.71. The molecule has 0 fully saturated rings. The Morgan fingerprint density at radius 3 is 2.93 bits per heavy atom. The molecular formula is C12H17BrN2. The normalized spacial score (nSPS) is 12.4. The van der Waals surface area contributed by atoms with E-state index in [1.165, 1.54) is 5.56 Å². The molecule has 0 radical (unpaired) electrons. The van der Waals surface area contributed by atoms with Crippen LogP contribution in [0.2, 0.25) is 0 Å². The summed E-state index contributed by atoms with van der Waals surface area (Å²) in [4.78, 5) is 0. The van der Waals surface area contributed by atoms with Gasteiger partial charge in [0, 0.05) is 10.5 Å². The number of nitrogens with two attached hydrogens (primary N) is 1. The van der Waals surface area contributed by atoms with Crippen LogP contribution < -0.4 is 11.3 Å². The molecule has 0 saturated carbocycles. The summed E-state index contributed by atoms with van der Waals surface area (Å²) < 4.78 is 1.11. The molecule has 0 bridgehead atoms. The maximum absolute atomic E-state index is 5.50. The van der Waals surface area contributed by atoms with Gasteiger partial charge in [-0.3, -0.25) is 11.3 Å². The van der Waals surface area contributed by atoms with E-state index in [4.69, 9.17) is 5.84 Å². The lowest BCUT2D eigenvalue weighted by Gasteiger charge is -2.14. The van der Waals surface area contributed by atoms with Gasteiger partial charge in [-0.05, 0) is 37.0 Å². The molecule has 0 aliphatic rings. The third-order valence-corrected chi connectivity index (χ3v) is 2.82. The van der Waals surface area contributed by atoms with Gasteiger partial charge in [0.2, 0.25) is 0 Å². The van der Waals surface area contributed by atoms with Crippen LogP contribution in [0.25, 0.3) is 0 Å². The van der Waals surface area contributed by atoms with Crippen molar-refractivity contribution in [2.45, 2.75) is 25.3 Å². The number of hydrogen-bond acceptors (Lipinski definition) is 2. The lowest BCUT2D eigenvalue weighted by molar-refractivity contribution is 0.495. The van der Waals surface area contributed by atoms with E-state index >= 15 is 0 Å². The number of hydrogen-bond donors (Lipinski definition) is 2. The average Bonchev–Trinajstić information content (AvgIpc) is 2.24. The maximum Gasteiger partial charge on any atom is 0.0253 e. The van der Waals surface area contributed by atoms with E-state index in [1.54, 1.807) is 0 Å². The molecule has 82 valence electrons. The van der Waals surface area contributed by atoms with Gasteiger partial charge in [-0.15, -0.1) is 6.58 Å². The van der Waals surface area contributed by atoms with Gasteiger partial charge in [0.25, 0.3) is 0 Å². The molecule has 15 heavy (non-hydrogen) atoms. The fraction of sp³-hybridized carbons (Fsp3) is 0.333. The van der Waals surface area contributed by atoms with E-state index in [0.29, 0.717) is 6.04 Å². The highest BCUT2D eigenvalue weighted by Crippen LogP contribution is 2.14. The van der Waals surface area contributed by atoms with Crippen LogP contribution in [0.15, 0.2) is 41.4 Å². The highest BCUT2D eigenvalue weighted by Gasteiger charge is 2.06. The van der Waals surface area contributed by atoms with Crippen molar-refractivity contribution >= 4 is 15.9 Å². The quantitative estimate of drug-likeness (QED) is 0.473. The highest BCUT2D eigenvalue weighted by atomic mass is 79.9. The molecular weight excluding hydrogens is 252 g/mol. The van der Waals surface area contributed by atoms with Gasteiger partial charge in [-0.1, -0.05) is 34.1 Å². The van der Waals surface area contributed by atoms with Crippen molar-refractivity contribution in [3.8, 4) is 0 Å². The first kappa shape index (κ1) is 12.4. The van der Waals surface area contributed by atoms with Crippen molar-refractivity contribution < 1.29 is 0 Å². The van der Waals surface area contributed by atoms with Crippen molar-refractivity contribution in [3.63, 3.8) is 0 Å². The molecule has 0 aliphatic carbocycles. The van der Waals surface area contributed by atoms with Gasteiger partial charge in [0.1, 0.15) is 0 Å². The summed E-state index contributed by atoms with van der Waals surface area (Å²) in [6, 6.07) is 8.62. The van der Waals surface area contributed by atoms with Crippen molar-refractivity contribution in [1.29, 1.82) is 0 Å². The molecule has 3 heteroatoms. The van der Waals surface area contributed by atoms with Crippen LogP contribution in [-0.2, 0) is 6.42 Å². The summed E-state index contributed by atoms with van der Waals surface area (Å²) in [5.41, 5.74) is 4.13. The Morgan fingerprint density at radius 1 is 1.53 bits per heavy atom. The minimum absolute atomic E-state index is 0.317. The van der Waals surface area contributed by atoms with Gasteiger partial charge < -0.3 is 0 Å². The predicted octanol–water partition coefficient (Wildman–Crippen LogP) is 2.79. The lowest BCUT2D eigenvalue weighted by Crippen LogP contribution is -2.36. The summed E-state index contributed by atoms with van der Waals surface area (Å²) in [5, 5.41) is 0. The zero-order valence-corrected chi connectivity index (χ0v) is 10.3. The zero-order valence-electron chi connectivity index (χ0n) is 8.75. The molecule has 0 aromatic heterocycles. The predicted molar refractivity (Wildman–Crippen MR) is 68.4 cm³/mol. The minimum atomic E-state index is 0.317. The molecule has 0 amide bonds. The van der Waals surface area contributed by atoms with Crippen LogP contribution in [0.5, 0.6) is 0 Å². The molecule has 1 aromatic rings. The Bertz CT molecular complexity index is 312. The number of nitrogens with one attached hydrogen (secondary N) is 1. The van der Waals surface area contributed by atoms with Crippen molar-refractivity contribution in [2.24, 2.45) is 5.84 Å². The zero-order chi connectivity index (χ0) is 11.1. The van der Waals surface area contributed by atoms with Gasteiger partial charge in [-0.2, -0.15) is 0 Å². The van der Waals surface area contributed by atoms with E-state index in [-0.39, 0.29) is 0 Å². The smallest absolute Gasteiger partial charge is 0.0253 e. The number of benzene rings is 1. The summed E-state index contributed by atoms with van der Waals surface area (Å²) in [5.74, 6) is 5.50. The van der Waals surface area contributed by atoms with Gasteiger partial charge >= 0.3 is 0 Å². The summed E-state index contributed by atoms with van der Waals surface area (Å²) >= 11 is 3.46. The fourth-order valence-electron chi connectivity index (χ4n) is 1.51. The molecule has 3 N–H and O–H groups in total. The van der Waals surface area contributed by atoms with Crippen molar-refractivity contribution in [2.75, 3.05) is 0 Å². The standard InChI is InChI=1S/C12H17BrN2/c1-2-3-7-12(15-14)9-10-5-4-6-11(13)8-10/h2,4-6,8,12,15H,1,3,7,9,14H2. The van der Waals surface area contributed by atoms with E-state index in [2.05, 4.69) is 40.1 Å². The Hall–Kier alpha value is -0.640. The van der Waals surface area contributed by atoms with Crippen LogP contribution in [-0.4, -0.2) is 6.04 Å². The number of hydrazine groups is 1. The number of halogens is 1. The van der Waals surface area contributed by atoms with Crippen LogP contribution in [0, 0.1) is 0 Å². The molecule has 0 saturated heterocycles. The van der Waals surface area contributed by atoms with Gasteiger partial charge in [-0.25, -0.2) is 0 Å². The second-order valence-corrected chi connectivity index (χ2v) is 4.48. The van der Waals surface area contributed by atoms with Crippen LogP contribution >= 0.6 is 15.9 Å². The van der Waals surface area contributed by atoms with Crippen LogP contribution in [0.1, 0.15) is 18.4 Å². The third-order valence-electron chi connectivity index (χ3n) is 2.33. The van der Waals surface area contributed by atoms with E-state index < -0.39 is 0 Å². The molecule has 0 heterocycles. The van der Waals surface area contributed by atoms with Crippen LogP contribution in [0.3, 0.4) is 0 Å². The minimum Gasteiger partial charge on any atom is -0.271 e. The highest BCUT2D eigenvalue weighted by molar-refractivity contribution is 9.10. The lowest BCUT2D eigenvalue weighted by atomic mass is 10.0.